The maximum atomic E-state index is 10.1. The summed E-state index contributed by atoms with van der Waals surface area (Å²) in [6.07, 6.45) is 0. The molecule has 0 aromatic rings. The molecular weight excluding hydrogens is 154 g/mol. The van der Waals surface area contributed by atoms with Crippen molar-refractivity contribution in [2.75, 3.05) is 0 Å². The van der Waals surface area contributed by atoms with Crippen molar-refractivity contribution in [3.05, 3.63) is 10.1 Å². The van der Waals surface area contributed by atoms with Gasteiger partial charge in [-0.2, -0.15) is 4.21 Å². The number of hydrogen-bond acceptors (Lipinski definition) is 5. The van der Waals surface area contributed by atoms with E-state index in [2.05, 4.69) is 17.0 Å². The zero-order valence-electron chi connectivity index (χ0n) is 3.57. The molecule has 0 aromatic carbocycles. The van der Waals surface area contributed by atoms with Gasteiger partial charge < -0.3 is 0 Å². The Kier molecular flexibility index (Phi) is 2.22. The van der Waals surface area contributed by atoms with Crippen LogP contribution >= 0.6 is 0 Å². The predicted molar refractivity (Wildman–Crippen MR) is 29.8 cm³/mol. The number of nitrogens with one attached hydrogen (secondary N) is 1. The summed E-state index contributed by atoms with van der Waals surface area (Å²) in [5, 5.41) is 9.54. The van der Waals surface area contributed by atoms with Gasteiger partial charge in [0.15, 0.2) is 0 Å². The summed E-state index contributed by atoms with van der Waals surface area (Å²) in [4.78, 5) is 10.9. The highest BCUT2D eigenvalue weighted by atomic mass is 32.8. The van der Waals surface area contributed by atoms with Crippen LogP contribution in [-0.2, 0) is 20.1 Å². The second kappa shape index (κ2) is 2.31. The summed E-state index contributed by atoms with van der Waals surface area (Å²) in [6, 6.07) is 0. The largest absolute Gasteiger partial charge is 0.378 e. The SMILES string of the molecule is NNS(=O)(=S)[N+](=O)[O-]. The number of nitrogens with two attached hydrogens (primary N) is 1. The maximum absolute atomic E-state index is 10.1. The fourth-order valence-electron chi connectivity index (χ4n) is 0.0430. The van der Waals surface area contributed by atoms with Crippen LogP contribution < -0.4 is 10.7 Å². The molecule has 0 aliphatic rings. The van der Waals surface area contributed by atoms with E-state index >= 15 is 0 Å². The first kappa shape index (κ1) is 7.69. The van der Waals surface area contributed by atoms with Gasteiger partial charge in [0, 0.05) is 0 Å². The van der Waals surface area contributed by atoms with E-state index in [-0.39, 0.29) is 0 Å². The maximum Gasteiger partial charge on any atom is 0.378 e. The van der Waals surface area contributed by atoms with Crippen molar-refractivity contribution in [2.45, 2.75) is 0 Å². The van der Waals surface area contributed by atoms with Crippen molar-refractivity contribution >= 4 is 20.1 Å². The molecule has 3 N–H and O–H groups in total. The molecule has 1 unspecified atom stereocenters. The van der Waals surface area contributed by atoms with Crippen LogP contribution in [0.2, 0.25) is 0 Å². The van der Waals surface area contributed by atoms with Crippen LogP contribution in [-0.4, -0.2) is 8.54 Å². The standard InChI is InChI=1S/H3N3O3S2/c1-2-8(6,7)3(4)5/h2H,1H2. The molecule has 8 heavy (non-hydrogen) atoms. The molecule has 0 saturated heterocycles. The highest BCUT2D eigenvalue weighted by Crippen LogP contribution is 1.78. The second-order valence-corrected chi connectivity index (χ2v) is 3.66. The van der Waals surface area contributed by atoms with E-state index in [1.54, 1.807) is 0 Å². The summed E-state index contributed by atoms with van der Waals surface area (Å²) in [5.74, 6) is 4.44. The molecule has 0 heterocycles. The minimum absolute atomic E-state index is 1.15. The molecular formula is H3N3O3S2. The van der Waals surface area contributed by atoms with Crippen molar-refractivity contribution in [1.82, 2.24) is 4.83 Å². The molecule has 0 rings (SSSR count). The van der Waals surface area contributed by atoms with Crippen LogP contribution in [0, 0.1) is 10.1 Å². The lowest BCUT2D eigenvalue weighted by molar-refractivity contribution is -0.299. The van der Waals surface area contributed by atoms with Crippen LogP contribution in [0.3, 0.4) is 0 Å². The van der Waals surface area contributed by atoms with Crippen LogP contribution in [0.25, 0.3) is 0 Å². The van der Waals surface area contributed by atoms with Gasteiger partial charge in [0.2, 0.25) is 0 Å². The number of nitrogens with zero attached hydrogens (tertiary/aromatic N) is 1. The van der Waals surface area contributed by atoms with E-state index < -0.39 is 13.2 Å². The van der Waals surface area contributed by atoms with Gasteiger partial charge in [-0.15, -0.1) is 4.83 Å². The van der Waals surface area contributed by atoms with Gasteiger partial charge in [0.05, 0.1) is 11.2 Å². The van der Waals surface area contributed by atoms with Crippen molar-refractivity contribution < 1.29 is 8.54 Å². The molecule has 0 aliphatic heterocycles. The van der Waals surface area contributed by atoms with Crippen molar-refractivity contribution in [3.63, 3.8) is 0 Å². The average molecular weight is 157 g/mol. The highest BCUT2D eigenvalue weighted by Gasteiger charge is 2.13. The Morgan fingerprint density at radius 1 is 1.88 bits per heavy atom. The van der Waals surface area contributed by atoms with Gasteiger partial charge in [-0.3, -0.25) is 5.84 Å². The molecule has 1 atom stereocenters. The molecule has 0 fully saturated rings. The van der Waals surface area contributed by atoms with E-state index in [0.29, 0.717) is 0 Å². The van der Waals surface area contributed by atoms with Crippen LogP contribution in [0.15, 0.2) is 0 Å². The Morgan fingerprint density at radius 2 is 2.25 bits per heavy atom. The van der Waals surface area contributed by atoms with Gasteiger partial charge in [0.1, 0.15) is 4.33 Å². The summed E-state index contributed by atoms with van der Waals surface area (Å²) in [7, 11) is -3.65. The molecule has 0 radical (unpaired) electrons. The van der Waals surface area contributed by atoms with Gasteiger partial charge in [0.25, 0.3) is 0 Å². The lowest BCUT2D eigenvalue weighted by Crippen LogP contribution is -2.34. The topological polar surface area (TPSA) is 98.3 Å². The fourth-order valence-corrected chi connectivity index (χ4v) is 0.129. The van der Waals surface area contributed by atoms with E-state index in [0.717, 1.165) is 0 Å². The molecule has 48 valence electrons. The number of hydrogen-bond donors (Lipinski definition) is 2. The molecule has 6 nitrogen and oxygen atoms in total. The fraction of sp³-hybridized carbons (Fsp3) is 0. The third kappa shape index (κ3) is 1.66. The molecule has 0 saturated carbocycles. The van der Waals surface area contributed by atoms with E-state index in [9.17, 15) is 14.3 Å². The monoisotopic (exact) mass is 157 g/mol. The number of nitro groups is 1. The molecule has 0 amide bonds. The van der Waals surface area contributed by atoms with E-state index in [1.165, 1.54) is 4.83 Å². The van der Waals surface area contributed by atoms with Gasteiger partial charge in [-0.1, -0.05) is 0 Å². The lowest BCUT2D eigenvalue weighted by atomic mass is 13.0. The Hall–Kier alpha value is -0.310. The van der Waals surface area contributed by atoms with Crippen molar-refractivity contribution in [3.8, 4) is 0 Å². The van der Waals surface area contributed by atoms with Gasteiger partial charge in [-0.05, 0) is 0 Å². The molecule has 0 spiro atoms. The minimum Gasteiger partial charge on any atom is -0.255 e. The zero-order valence-corrected chi connectivity index (χ0v) is 5.20. The number of hydrazine groups is 1. The Morgan fingerprint density at radius 3 is 2.25 bits per heavy atom. The first-order chi connectivity index (χ1) is 3.50. The van der Waals surface area contributed by atoms with Crippen LogP contribution in [0.4, 0.5) is 0 Å². The Balaban J connectivity index is 4.42. The van der Waals surface area contributed by atoms with Gasteiger partial charge in [-0.25, -0.2) is 10.1 Å². The number of rotatable bonds is 2. The minimum atomic E-state index is -3.65. The smallest absolute Gasteiger partial charge is 0.255 e. The summed E-state index contributed by atoms with van der Waals surface area (Å²) >= 11 is 3.86. The van der Waals surface area contributed by atoms with Gasteiger partial charge >= 0.3 is 8.86 Å². The molecule has 0 aliphatic carbocycles. The molecule has 0 bridgehead atoms. The average Bonchev–Trinajstić information content (AvgIpc) is 1.67. The first-order valence-electron chi connectivity index (χ1n) is 1.37. The van der Waals surface area contributed by atoms with Crippen LogP contribution in [0.5, 0.6) is 0 Å². The second-order valence-electron chi connectivity index (χ2n) is 0.817. The Labute approximate surface area is 50.1 Å². The van der Waals surface area contributed by atoms with Crippen LogP contribution in [0.1, 0.15) is 0 Å². The quantitative estimate of drug-likeness (QED) is 0.283. The molecule has 0 aromatic heterocycles. The summed E-state index contributed by atoms with van der Waals surface area (Å²) < 4.78 is 8.98. The normalized spacial score (nSPS) is 17.1. The zero-order chi connectivity index (χ0) is 6.78. The highest BCUT2D eigenvalue weighted by molar-refractivity contribution is 8.28. The van der Waals surface area contributed by atoms with Crippen molar-refractivity contribution in [1.29, 1.82) is 0 Å². The summed E-state index contributed by atoms with van der Waals surface area (Å²) in [6.45, 7) is 0. The summed E-state index contributed by atoms with van der Waals surface area (Å²) in [5.41, 5.74) is 0. The third-order valence-electron chi connectivity index (χ3n) is 0.345. The lowest BCUT2D eigenvalue weighted by Gasteiger charge is -1.90. The van der Waals surface area contributed by atoms with E-state index in [1.807, 2.05) is 0 Å². The third-order valence-corrected chi connectivity index (χ3v) is 1.69. The van der Waals surface area contributed by atoms with Crippen molar-refractivity contribution in [2.24, 2.45) is 5.84 Å². The predicted octanol–water partition coefficient (Wildman–Crippen LogP) is -1.70. The Bertz CT molecular complexity index is 179. The van der Waals surface area contributed by atoms with E-state index in [4.69, 9.17) is 0 Å². The molecule has 8 heteroatoms. The first-order valence-corrected chi connectivity index (χ1v) is 3.81.